The molecule has 0 bridgehead atoms. The Morgan fingerprint density at radius 1 is 0.731 bits per heavy atom. The number of Topliss-reactive ketones (excluding diaryl/α,β-unsaturated/α-hetero) is 1. The fourth-order valence-electron chi connectivity index (χ4n) is 4.05. The van der Waals surface area contributed by atoms with Gasteiger partial charge in [0.05, 0.1) is 8.07 Å². The maximum absolute atomic E-state index is 13.3. The molecule has 3 rings (SSSR count). The highest BCUT2D eigenvalue weighted by molar-refractivity contribution is 6.91. The van der Waals surface area contributed by atoms with Crippen LogP contribution in [0.4, 0.5) is 0 Å². The summed E-state index contributed by atoms with van der Waals surface area (Å²) in [6, 6.07) is 31.0. The summed E-state index contributed by atoms with van der Waals surface area (Å²) in [5, 5.41) is 1.39. The van der Waals surface area contributed by atoms with Gasteiger partial charge in [-0.1, -0.05) is 116 Å². The number of rotatable bonds is 6. The first-order chi connectivity index (χ1) is 12.5. The van der Waals surface area contributed by atoms with Gasteiger partial charge in [-0.05, 0) is 11.1 Å². The third-order valence-corrected chi connectivity index (χ3v) is 9.64. The van der Waals surface area contributed by atoms with E-state index in [2.05, 4.69) is 74.6 Å². The fraction of sp³-hybridized carbons (Fsp3) is 0.208. The highest BCUT2D eigenvalue weighted by Gasteiger charge is 2.40. The normalized spacial score (nSPS) is 13.8. The van der Waals surface area contributed by atoms with Crippen LogP contribution in [0.25, 0.3) is 0 Å². The monoisotopic (exact) mass is 358 g/mol. The Labute approximate surface area is 157 Å². The molecule has 0 heterocycles. The molecule has 0 fully saturated rings. The highest BCUT2D eigenvalue weighted by Crippen LogP contribution is 2.35. The molecule has 0 aliphatic rings. The molecule has 2 atom stereocenters. The van der Waals surface area contributed by atoms with Gasteiger partial charge in [-0.25, -0.2) is 0 Å². The van der Waals surface area contributed by atoms with E-state index in [1.807, 2.05) is 36.4 Å². The molecule has 0 radical (unpaired) electrons. The SMILES string of the molecule is C[C@@H](C(=O)c1ccccc1)[C@H](c1ccccc1)[Si](C)(C)c1ccccc1. The molecule has 26 heavy (non-hydrogen) atoms. The van der Waals surface area contributed by atoms with Crippen LogP contribution in [-0.4, -0.2) is 13.9 Å². The topological polar surface area (TPSA) is 17.1 Å². The minimum Gasteiger partial charge on any atom is -0.294 e. The summed E-state index contributed by atoms with van der Waals surface area (Å²) in [7, 11) is -1.93. The Bertz CT molecular complexity index is 841. The number of carbonyl (C=O) groups excluding carboxylic acids is 1. The summed E-state index contributed by atoms with van der Waals surface area (Å²) in [5.74, 6) is 0.164. The molecular weight excluding hydrogens is 332 g/mol. The van der Waals surface area contributed by atoms with E-state index in [0.717, 1.165) is 5.56 Å². The van der Waals surface area contributed by atoms with E-state index in [1.165, 1.54) is 10.8 Å². The van der Waals surface area contributed by atoms with E-state index in [0.29, 0.717) is 0 Å². The van der Waals surface area contributed by atoms with Gasteiger partial charge < -0.3 is 0 Å². The third-order valence-electron chi connectivity index (χ3n) is 5.43. The van der Waals surface area contributed by atoms with Crippen LogP contribution in [0.15, 0.2) is 91.0 Å². The van der Waals surface area contributed by atoms with Crippen LogP contribution < -0.4 is 5.19 Å². The van der Waals surface area contributed by atoms with Gasteiger partial charge in [0, 0.05) is 11.5 Å². The number of carbonyl (C=O) groups is 1. The average Bonchev–Trinajstić information content (AvgIpc) is 2.69. The molecule has 0 unspecified atom stereocenters. The second kappa shape index (κ2) is 7.84. The predicted octanol–water partition coefficient (Wildman–Crippen LogP) is 5.44. The molecule has 132 valence electrons. The van der Waals surface area contributed by atoms with Gasteiger partial charge in [0.1, 0.15) is 0 Å². The van der Waals surface area contributed by atoms with Crippen molar-refractivity contribution in [1.29, 1.82) is 0 Å². The van der Waals surface area contributed by atoms with Crippen LogP contribution in [0.1, 0.15) is 28.4 Å². The molecule has 3 aromatic rings. The largest absolute Gasteiger partial charge is 0.294 e. The summed E-state index contributed by atoms with van der Waals surface area (Å²) in [6.45, 7) is 6.87. The summed E-state index contributed by atoms with van der Waals surface area (Å²) < 4.78 is 0. The van der Waals surface area contributed by atoms with Crippen molar-refractivity contribution in [3.63, 3.8) is 0 Å². The van der Waals surface area contributed by atoms with Crippen molar-refractivity contribution in [2.75, 3.05) is 0 Å². The van der Waals surface area contributed by atoms with Crippen LogP contribution in [0.2, 0.25) is 13.1 Å². The summed E-state index contributed by atoms with van der Waals surface area (Å²) in [5.41, 5.74) is 2.29. The van der Waals surface area contributed by atoms with Crippen LogP contribution >= 0.6 is 0 Å². The lowest BCUT2D eigenvalue weighted by molar-refractivity contribution is 0.0924. The minimum atomic E-state index is -1.93. The quantitative estimate of drug-likeness (QED) is 0.423. The second-order valence-electron chi connectivity index (χ2n) is 7.50. The van der Waals surface area contributed by atoms with Crippen molar-refractivity contribution in [3.05, 3.63) is 102 Å². The molecule has 0 spiro atoms. The molecule has 0 amide bonds. The van der Waals surface area contributed by atoms with Gasteiger partial charge in [-0.15, -0.1) is 0 Å². The van der Waals surface area contributed by atoms with Gasteiger partial charge in [0.2, 0.25) is 0 Å². The van der Waals surface area contributed by atoms with Crippen LogP contribution in [0, 0.1) is 5.92 Å². The Hall–Kier alpha value is -2.45. The van der Waals surface area contributed by atoms with E-state index in [-0.39, 0.29) is 17.2 Å². The second-order valence-corrected chi connectivity index (χ2v) is 12.1. The maximum Gasteiger partial charge on any atom is 0.165 e. The van der Waals surface area contributed by atoms with Crippen molar-refractivity contribution >= 4 is 19.0 Å². The van der Waals surface area contributed by atoms with Crippen LogP contribution in [0.5, 0.6) is 0 Å². The lowest BCUT2D eigenvalue weighted by atomic mass is 9.92. The zero-order chi connectivity index (χ0) is 18.6. The van der Waals surface area contributed by atoms with Gasteiger partial charge in [0.15, 0.2) is 5.78 Å². The van der Waals surface area contributed by atoms with E-state index in [4.69, 9.17) is 0 Å². The van der Waals surface area contributed by atoms with Crippen molar-refractivity contribution in [3.8, 4) is 0 Å². The summed E-state index contributed by atoms with van der Waals surface area (Å²) in [6.07, 6.45) is 0. The molecule has 1 nitrogen and oxygen atoms in total. The summed E-state index contributed by atoms with van der Waals surface area (Å²) >= 11 is 0. The molecule has 3 aromatic carbocycles. The fourth-order valence-corrected chi connectivity index (χ4v) is 7.89. The lowest BCUT2D eigenvalue weighted by Crippen LogP contribution is -2.51. The Morgan fingerprint density at radius 3 is 1.73 bits per heavy atom. The molecule has 0 saturated heterocycles. The molecule has 0 aliphatic carbocycles. The van der Waals surface area contributed by atoms with E-state index < -0.39 is 8.07 Å². The lowest BCUT2D eigenvalue weighted by Gasteiger charge is -2.37. The molecule has 2 heteroatoms. The Kier molecular flexibility index (Phi) is 5.53. The molecule has 0 saturated carbocycles. The number of hydrogen-bond donors (Lipinski definition) is 0. The minimum absolute atomic E-state index is 0.0679. The average molecular weight is 359 g/mol. The number of benzene rings is 3. The van der Waals surface area contributed by atoms with Crippen molar-refractivity contribution in [2.45, 2.75) is 25.6 Å². The number of hydrogen-bond acceptors (Lipinski definition) is 1. The van der Waals surface area contributed by atoms with Crippen molar-refractivity contribution in [1.82, 2.24) is 0 Å². The Balaban J connectivity index is 2.06. The maximum atomic E-state index is 13.3. The zero-order valence-electron chi connectivity index (χ0n) is 15.7. The van der Waals surface area contributed by atoms with Crippen LogP contribution in [-0.2, 0) is 0 Å². The van der Waals surface area contributed by atoms with Crippen LogP contribution in [0.3, 0.4) is 0 Å². The smallest absolute Gasteiger partial charge is 0.165 e. The van der Waals surface area contributed by atoms with E-state index in [9.17, 15) is 4.79 Å². The van der Waals surface area contributed by atoms with E-state index >= 15 is 0 Å². The van der Waals surface area contributed by atoms with Gasteiger partial charge >= 0.3 is 0 Å². The molecular formula is C24H26OSi. The van der Waals surface area contributed by atoms with Gasteiger partial charge in [-0.3, -0.25) is 4.79 Å². The van der Waals surface area contributed by atoms with Crippen molar-refractivity contribution in [2.24, 2.45) is 5.92 Å². The van der Waals surface area contributed by atoms with Gasteiger partial charge in [0.25, 0.3) is 0 Å². The standard InChI is InChI=1S/C24H26OSi/c1-19(23(25)20-13-7-4-8-14-20)24(21-15-9-5-10-16-21)26(2,3)22-17-11-6-12-18-22/h4-19,24H,1-3H3/t19-,24+/m0/s1. The molecule has 0 N–H and O–H groups in total. The highest BCUT2D eigenvalue weighted by atomic mass is 28.3. The predicted molar refractivity (Wildman–Crippen MR) is 113 cm³/mol. The number of ketones is 1. The first-order valence-electron chi connectivity index (χ1n) is 9.21. The molecule has 0 aromatic heterocycles. The molecule has 0 aliphatic heterocycles. The zero-order valence-corrected chi connectivity index (χ0v) is 16.7. The first kappa shape index (κ1) is 18.3. The van der Waals surface area contributed by atoms with E-state index in [1.54, 1.807) is 0 Å². The van der Waals surface area contributed by atoms with Gasteiger partial charge in [-0.2, -0.15) is 0 Å². The Morgan fingerprint density at radius 2 is 1.19 bits per heavy atom. The van der Waals surface area contributed by atoms with Crippen molar-refractivity contribution < 1.29 is 4.79 Å². The third kappa shape index (κ3) is 3.71. The first-order valence-corrected chi connectivity index (χ1v) is 12.3. The summed E-state index contributed by atoms with van der Waals surface area (Å²) in [4.78, 5) is 13.3.